The molecule has 19 heteroatoms. The fraction of sp³-hybridized carbons (Fsp3) is 0.500. The first-order valence-electron chi connectivity index (χ1n) is 10.3. The number of hydrogen-bond donors (Lipinski definition) is 6. The Morgan fingerprint density at radius 2 is 1.73 bits per heavy atom. The van der Waals surface area contributed by atoms with Crippen LogP contribution >= 0.6 is 15.2 Å². The molecule has 0 aromatic heterocycles. The summed E-state index contributed by atoms with van der Waals surface area (Å²) in [6.45, 7) is -1.63. The third-order valence-corrected chi connectivity index (χ3v) is 9.01. The van der Waals surface area contributed by atoms with Crippen molar-refractivity contribution in [2.24, 2.45) is 0 Å². The van der Waals surface area contributed by atoms with Crippen molar-refractivity contribution in [2.45, 2.75) is 42.7 Å². The van der Waals surface area contributed by atoms with Crippen LogP contribution in [0.3, 0.4) is 0 Å². The topological polar surface area (TPSA) is 198 Å². The van der Waals surface area contributed by atoms with Gasteiger partial charge in [-0.15, -0.1) is 0 Å². The van der Waals surface area contributed by atoms with Crippen molar-refractivity contribution in [3.63, 3.8) is 0 Å². The first-order chi connectivity index (χ1) is 17.0. The van der Waals surface area contributed by atoms with Gasteiger partial charge >= 0.3 is 20.6 Å². The predicted molar refractivity (Wildman–Crippen MR) is 112 cm³/mol. The van der Waals surface area contributed by atoms with Crippen molar-refractivity contribution in [1.29, 1.82) is 0 Å². The molecule has 1 amide bonds. The van der Waals surface area contributed by atoms with Crippen LogP contribution in [0.5, 0.6) is 0 Å². The van der Waals surface area contributed by atoms with Gasteiger partial charge in [-0.1, -0.05) is 6.07 Å². The maximum Gasteiger partial charge on any atom is 0.443 e. The number of ether oxygens (including phenoxy) is 1. The number of halogens is 4. The summed E-state index contributed by atoms with van der Waals surface area (Å²) >= 11 is 0. The van der Waals surface area contributed by atoms with E-state index in [2.05, 4.69) is 4.52 Å². The quantitative estimate of drug-likeness (QED) is 0.167. The zero-order valence-electron chi connectivity index (χ0n) is 18.4. The molecule has 0 spiro atoms. The zero-order valence-corrected chi connectivity index (χ0v) is 20.2. The molecule has 2 aliphatic heterocycles. The molecule has 0 bridgehead atoms. The molecule has 2 heterocycles. The number of hydrogen-bond acceptors (Lipinski definition) is 9. The molecule has 1 saturated heterocycles. The van der Waals surface area contributed by atoms with Crippen LogP contribution in [0.2, 0.25) is 0 Å². The van der Waals surface area contributed by atoms with E-state index in [0.29, 0.717) is 6.07 Å². The van der Waals surface area contributed by atoms with Gasteiger partial charge in [0.05, 0.1) is 6.61 Å². The SMILES string of the molecule is O=C1C=CN([C@@H]2O[C@H](COP(=O)(O)C(F)(F)P(=O)(O)O)[C@H](O)[C@@H]2O)C(O)N1CCc1ccc(F)cc1F. The lowest BCUT2D eigenvalue weighted by Crippen LogP contribution is -2.57. The summed E-state index contributed by atoms with van der Waals surface area (Å²) in [5.41, 5.74) is 0.0211. The molecule has 0 radical (unpaired) electrons. The second-order valence-electron chi connectivity index (χ2n) is 8.04. The first-order valence-corrected chi connectivity index (χ1v) is 13.5. The lowest BCUT2D eigenvalue weighted by molar-refractivity contribution is -0.189. The number of nitrogens with zero attached hydrogens (tertiary/aromatic N) is 2. The van der Waals surface area contributed by atoms with E-state index in [-0.39, 0.29) is 18.5 Å². The number of alkyl halides is 2. The Balaban J connectivity index is 1.69. The Bertz CT molecular complexity index is 1150. The van der Waals surface area contributed by atoms with Crippen LogP contribution < -0.4 is 0 Å². The normalized spacial score (nSPS) is 28.6. The highest BCUT2D eigenvalue weighted by atomic mass is 31.2. The van der Waals surface area contributed by atoms with E-state index in [0.717, 1.165) is 34.2 Å². The van der Waals surface area contributed by atoms with E-state index in [9.17, 15) is 51.7 Å². The molecule has 6 N–H and O–H groups in total. The highest BCUT2D eigenvalue weighted by Crippen LogP contribution is 2.73. The number of carbonyl (C=O) groups excluding carboxylic acids is 1. The predicted octanol–water partition coefficient (Wildman–Crippen LogP) is -0.182. The van der Waals surface area contributed by atoms with Gasteiger partial charge in [-0.25, -0.2) is 8.78 Å². The maximum absolute atomic E-state index is 13.9. The van der Waals surface area contributed by atoms with Crippen molar-refractivity contribution in [2.75, 3.05) is 13.2 Å². The molecule has 37 heavy (non-hydrogen) atoms. The lowest BCUT2D eigenvalue weighted by atomic mass is 10.1. The second kappa shape index (κ2) is 10.7. The Kier molecular flexibility index (Phi) is 8.56. The maximum atomic E-state index is 13.9. The molecule has 1 aromatic carbocycles. The van der Waals surface area contributed by atoms with Gasteiger partial charge < -0.3 is 44.2 Å². The van der Waals surface area contributed by atoms with Gasteiger partial charge in [0.1, 0.15) is 29.9 Å². The van der Waals surface area contributed by atoms with Crippen molar-refractivity contribution >= 4 is 21.1 Å². The Morgan fingerprint density at radius 3 is 2.32 bits per heavy atom. The Hall–Kier alpha value is -1.91. The average Bonchev–Trinajstić information content (AvgIpc) is 3.06. The average molecular weight is 580 g/mol. The van der Waals surface area contributed by atoms with Gasteiger partial charge in [0.15, 0.2) is 6.23 Å². The number of aliphatic hydroxyl groups is 3. The molecule has 2 unspecified atom stereocenters. The van der Waals surface area contributed by atoms with Gasteiger partial charge in [0.25, 0.3) is 5.91 Å². The van der Waals surface area contributed by atoms with E-state index in [1.807, 2.05) is 0 Å². The van der Waals surface area contributed by atoms with E-state index < -0.39 is 75.6 Å². The minimum Gasteiger partial charge on any atom is -0.387 e. The van der Waals surface area contributed by atoms with Gasteiger partial charge in [0.2, 0.25) is 6.35 Å². The number of aliphatic hydroxyl groups excluding tert-OH is 3. The molecule has 0 saturated carbocycles. The Labute approximate surface area is 205 Å². The molecule has 2 aliphatic rings. The highest BCUT2D eigenvalue weighted by molar-refractivity contribution is 7.72. The minimum atomic E-state index is -6.42. The fourth-order valence-corrected chi connectivity index (χ4v) is 5.53. The van der Waals surface area contributed by atoms with Crippen molar-refractivity contribution in [3.05, 3.63) is 47.7 Å². The summed E-state index contributed by atoms with van der Waals surface area (Å²) < 4.78 is 86.1. The molecule has 13 nitrogen and oxygen atoms in total. The van der Waals surface area contributed by atoms with Crippen LogP contribution in [-0.4, -0.2) is 95.2 Å². The first kappa shape index (κ1) is 29.6. The second-order valence-corrected chi connectivity index (χ2v) is 11.9. The monoisotopic (exact) mass is 580 g/mol. The third kappa shape index (κ3) is 5.91. The molecule has 3 rings (SSSR count). The van der Waals surface area contributed by atoms with Crippen molar-refractivity contribution in [1.82, 2.24) is 9.80 Å². The highest BCUT2D eigenvalue weighted by Gasteiger charge is 2.65. The summed E-state index contributed by atoms with van der Waals surface area (Å²) in [6, 6.07) is 2.76. The lowest BCUT2D eigenvalue weighted by Gasteiger charge is -2.41. The van der Waals surface area contributed by atoms with Gasteiger partial charge in [-0.3, -0.25) is 18.8 Å². The van der Waals surface area contributed by atoms with E-state index >= 15 is 0 Å². The van der Waals surface area contributed by atoms with Crippen molar-refractivity contribution < 1.29 is 70.7 Å². The standard InChI is InChI=1S/C18H22F4N2O11P2/c19-10-2-1-9(11(20)7-10)3-5-23-13(25)4-6-24(17(23)28)16-15(27)14(26)12(35-16)8-34-37(32,33)18(21,22)36(29,30)31/h1-2,4,6-7,12,14-17,26-28H,3,5,8H2,(H,32,33)(H2,29,30,31)/t12-,14+,15+,16-,17?/m1/s1. The summed E-state index contributed by atoms with van der Waals surface area (Å²) in [6.07, 6.45) is -7.49. The molecular formula is C18H22F4N2O11P2. The van der Waals surface area contributed by atoms with E-state index in [1.54, 1.807) is 0 Å². The smallest absolute Gasteiger partial charge is 0.387 e. The molecule has 1 fully saturated rings. The van der Waals surface area contributed by atoms with Crippen LogP contribution in [0, 0.1) is 11.6 Å². The number of benzene rings is 1. The van der Waals surface area contributed by atoms with Gasteiger partial charge in [0, 0.05) is 24.9 Å². The van der Waals surface area contributed by atoms with E-state index in [1.165, 1.54) is 0 Å². The number of carbonyl (C=O) groups is 1. The van der Waals surface area contributed by atoms with Crippen molar-refractivity contribution in [3.8, 4) is 0 Å². The summed E-state index contributed by atoms with van der Waals surface area (Å²) in [7, 11) is -12.7. The Morgan fingerprint density at radius 1 is 1.08 bits per heavy atom. The van der Waals surface area contributed by atoms with Gasteiger partial charge in [-0.2, -0.15) is 8.78 Å². The van der Waals surface area contributed by atoms with Crippen LogP contribution in [0.4, 0.5) is 17.6 Å². The third-order valence-electron chi connectivity index (χ3n) is 5.59. The zero-order chi connectivity index (χ0) is 27.9. The summed E-state index contributed by atoms with van der Waals surface area (Å²) in [5, 5.41) is 25.7. The van der Waals surface area contributed by atoms with Crippen LogP contribution in [0.1, 0.15) is 5.56 Å². The molecule has 6 atom stereocenters. The van der Waals surface area contributed by atoms with Gasteiger partial charge in [-0.05, 0) is 18.1 Å². The summed E-state index contributed by atoms with van der Waals surface area (Å²) in [4.78, 5) is 40.4. The number of rotatable bonds is 9. The molecule has 208 valence electrons. The van der Waals surface area contributed by atoms with Crippen LogP contribution in [0.15, 0.2) is 30.5 Å². The summed E-state index contributed by atoms with van der Waals surface area (Å²) in [5.74, 6) is -2.46. The molecular weight excluding hydrogens is 558 g/mol. The fourth-order valence-electron chi connectivity index (χ4n) is 3.53. The largest absolute Gasteiger partial charge is 0.443 e. The molecule has 1 aromatic rings. The number of amides is 1. The molecule has 0 aliphatic carbocycles. The van der Waals surface area contributed by atoms with E-state index in [4.69, 9.17) is 14.5 Å². The van der Waals surface area contributed by atoms with Crippen LogP contribution in [-0.2, 0) is 29.6 Å². The minimum absolute atomic E-state index is 0.0211. The van der Waals surface area contributed by atoms with Crippen LogP contribution in [0.25, 0.3) is 0 Å².